The normalized spacial score (nSPS) is 14.4. The highest BCUT2D eigenvalue weighted by Gasteiger charge is 2.17. The second-order valence-electron chi connectivity index (χ2n) is 9.65. The van der Waals surface area contributed by atoms with Gasteiger partial charge in [0.1, 0.15) is 5.82 Å². The van der Waals surface area contributed by atoms with Crippen LogP contribution in [0, 0.1) is 0 Å². The first kappa shape index (κ1) is 23.8. The molecule has 5 rings (SSSR count). The van der Waals surface area contributed by atoms with E-state index in [2.05, 4.69) is 55.9 Å². The predicted molar refractivity (Wildman–Crippen MR) is 144 cm³/mol. The zero-order chi connectivity index (χ0) is 25.1. The molecule has 184 valence electrons. The molecule has 1 fully saturated rings. The third-order valence-corrected chi connectivity index (χ3v) is 6.39. The fourth-order valence-electron chi connectivity index (χ4n) is 4.40. The molecular weight excluding hydrogens is 450 g/mol. The van der Waals surface area contributed by atoms with Crippen molar-refractivity contribution in [2.75, 3.05) is 43.4 Å². The molecule has 0 saturated carbocycles. The molecule has 1 aliphatic rings. The van der Waals surface area contributed by atoms with E-state index in [0.29, 0.717) is 11.6 Å². The summed E-state index contributed by atoms with van der Waals surface area (Å²) in [4.78, 5) is 35.7. The Morgan fingerprint density at radius 1 is 0.944 bits per heavy atom. The number of hydrogen-bond acceptors (Lipinski definition) is 8. The molecule has 1 N–H and O–H groups in total. The van der Waals surface area contributed by atoms with Crippen LogP contribution in [-0.2, 0) is 6.42 Å². The molecular formula is C28H31N7O. The van der Waals surface area contributed by atoms with E-state index < -0.39 is 0 Å². The maximum absolute atomic E-state index is 13.1. The van der Waals surface area contributed by atoms with Crippen LogP contribution in [0.15, 0.2) is 61.3 Å². The van der Waals surface area contributed by atoms with E-state index in [9.17, 15) is 4.79 Å². The minimum absolute atomic E-state index is 0.0329. The van der Waals surface area contributed by atoms with Crippen LogP contribution in [0.1, 0.15) is 29.9 Å². The van der Waals surface area contributed by atoms with Crippen molar-refractivity contribution in [1.82, 2.24) is 24.8 Å². The van der Waals surface area contributed by atoms with Gasteiger partial charge >= 0.3 is 0 Å². The third kappa shape index (κ3) is 5.49. The van der Waals surface area contributed by atoms with Crippen LogP contribution in [0.4, 0.5) is 11.5 Å². The van der Waals surface area contributed by atoms with Crippen LogP contribution in [0.5, 0.6) is 0 Å². The largest absolute Gasteiger partial charge is 0.382 e. The fraction of sp³-hybridized carbons (Fsp3) is 0.321. The molecule has 36 heavy (non-hydrogen) atoms. The molecule has 5 heterocycles. The van der Waals surface area contributed by atoms with Crippen molar-refractivity contribution in [2.45, 2.75) is 26.3 Å². The summed E-state index contributed by atoms with van der Waals surface area (Å²) in [6.45, 7) is 8.00. The summed E-state index contributed by atoms with van der Waals surface area (Å²) >= 11 is 0. The molecule has 0 aliphatic carbocycles. The molecule has 1 saturated heterocycles. The average Bonchev–Trinajstić information content (AvgIpc) is 2.88. The molecule has 4 aromatic heterocycles. The van der Waals surface area contributed by atoms with Gasteiger partial charge in [-0.3, -0.25) is 19.7 Å². The molecule has 4 aromatic rings. The minimum atomic E-state index is 0.0329. The van der Waals surface area contributed by atoms with Crippen molar-refractivity contribution >= 4 is 28.1 Å². The standard InChI is InChI=1S/C28H31N7O/c1-19(2)33-25-11-22(15-29-18-25)26-12-21-10-24(31-16-23(21)17-32-26)14-27(36)20-4-5-30-28(13-20)35-8-6-34(3)7-9-35/h4-5,10-13,15-19,33H,6-9,14H2,1-3H3. The number of aromatic nitrogens is 4. The Hall–Kier alpha value is -3.91. The fourth-order valence-corrected chi connectivity index (χ4v) is 4.40. The van der Waals surface area contributed by atoms with Crippen LogP contribution in [0.2, 0.25) is 0 Å². The lowest BCUT2D eigenvalue weighted by molar-refractivity contribution is 0.0992. The van der Waals surface area contributed by atoms with Gasteiger partial charge in [-0.25, -0.2) is 4.98 Å². The number of fused-ring (bicyclic) bond motifs is 1. The van der Waals surface area contributed by atoms with Gasteiger partial charge in [0.2, 0.25) is 0 Å². The maximum Gasteiger partial charge on any atom is 0.169 e. The first-order valence-electron chi connectivity index (χ1n) is 12.3. The number of nitrogens with one attached hydrogen (secondary N) is 1. The number of Topliss-reactive ketones (excluding diaryl/α,β-unsaturated/α-hetero) is 1. The Bertz CT molecular complexity index is 1380. The Balaban J connectivity index is 1.35. The molecule has 1 aliphatic heterocycles. The van der Waals surface area contributed by atoms with Gasteiger partial charge in [0.05, 0.1) is 17.8 Å². The molecule has 0 bridgehead atoms. The minimum Gasteiger partial charge on any atom is -0.382 e. The second-order valence-corrected chi connectivity index (χ2v) is 9.65. The van der Waals surface area contributed by atoms with Crippen LogP contribution in [0.3, 0.4) is 0 Å². The van der Waals surface area contributed by atoms with Gasteiger partial charge in [-0.05, 0) is 56.6 Å². The van der Waals surface area contributed by atoms with Crippen molar-refractivity contribution in [2.24, 2.45) is 0 Å². The first-order chi connectivity index (χ1) is 17.4. The number of nitrogens with zero attached hydrogens (tertiary/aromatic N) is 6. The highest BCUT2D eigenvalue weighted by Crippen LogP contribution is 2.24. The summed E-state index contributed by atoms with van der Waals surface area (Å²) in [7, 11) is 2.12. The van der Waals surface area contributed by atoms with E-state index in [1.807, 2.05) is 42.9 Å². The number of hydrogen-bond donors (Lipinski definition) is 1. The highest BCUT2D eigenvalue weighted by atomic mass is 16.1. The summed E-state index contributed by atoms with van der Waals surface area (Å²) < 4.78 is 0. The van der Waals surface area contributed by atoms with Crippen molar-refractivity contribution < 1.29 is 4.79 Å². The first-order valence-corrected chi connectivity index (χ1v) is 12.3. The number of ketones is 1. The molecule has 0 amide bonds. The van der Waals surface area contributed by atoms with Crippen LogP contribution >= 0.6 is 0 Å². The lowest BCUT2D eigenvalue weighted by atomic mass is 10.0. The van der Waals surface area contributed by atoms with Crippen molar-refractivity contribution in [3.63, 3.8) is 0 Å². The average molecular weight is 482 g/mol. The van der Waals surface area contributed by atoms with E-state index in [4.69, 9.17) is 0 Å². The Labute approximate surface area is 211 Å². The van der Waals surface area contributed by atoms with Gasteiger partial charge < -0.3 is 15.1 Å². The lowest BCUT2D eigenvalue weighted by Gasteiger charge is -2.33. The third-order valence-electron chi connectivity index (χ3n) is 6.39. The molecule has 0 unspecified atom stereocenters. The van der Waals surface area contributed by atoms with E-state index in [0.717, 1.165) is 65.4 Å². The molecule has 0 aromatic carbocycles. The Morgan fingerprint density at radius 2 is 1.75 bits per heavy atom. The van der Waals surface area contributed by atoms with E-state index in [1.54, 1.807) is 18.5 Å². The number of rotatable bonds is 7. The number of piperazine rings is 1. The second kappa shape index (κ2) is 10.4. The monoisotopic (exact) mass is 481 g/mol. The highest BCUT2D eigenvalue weighted by molar-refractivity contribution is 5.98. The van der Waals surface area contributed by atoms with Gasteiger partial charge in [0.15, 0.2) is 5.78 Å². The van der Waals surface area contributed by atoms with Gasteiger partial charge in [0.25, 0.3) is 0 Å². The number of carbonyl (C=O) groups is 1. The Kier molecular flexibility index (Phi) is 6.86. The van der Waals surface area contributed by atoms with Crippen LogP contribution in [-0.4, -0.2) is 69.9 Å². The molecule has 0 atom stereocenters. The zero-order valence-electron chi connectivity index (χ0n) is 21.0. The number of likely N-dealkylation sites (N-methyl/N-ethyl adjacent to an activating group) is 1. The van der Waals surface area contributed by atoms with Crippen molar-refractivity contribution in [3.05, 3.63) is 72.6 Å². The summed E-state index contributed by atoms with van der Waals surface area (Å²) in [5.41, 5.74) is 4.12. The van der Waals surface area contributed by atoms with Gasteiger partial charge in [-0.2, -0.15) is 0 Å². The summed E-state index contributed by atoms with van der Waals surface area (Å²) in [6, 6.07) is 10.1. The zero-order valence-corrected chi connectivity index (χ0v) is 21.0. The topological polar surface area (TPSA) is 87.1 Å². The van der Waals surface area contributed by atoms with E-state index in [1.165, 1.54) is 0 Å². The van der Waals surface area contributed by atoms with Crippen LogP contribution < -0.4 is 10.2 Å². The van der Waals surface area contributed by atoms with Crippen molar-refractivity contribution in [3.8, 4) is 11.3 Å². The van der Waals surface area contributed by atoms with E-state index >= 15 is 0 Å². The summed E-state index contributed by atoms with van der Waals surface area (Å²) in [5.74, 6) is 0.893. The molecule has 8 nitrogen and oxygen atoms in total. The number of pyridine rings is 4. The summed E-state index contributed by atoms with van der Waals surface area (Å²) in [6.07, 6.45) is 9.18. The maximum atomic E-state index is 13.1. The van der Waals surface area contributed by atoms with Gasteiger partial charge in [0, 0.05) is 85.4 Å². The molecule has 8 heteroatoms. The predicted octanol–water partition coefficient (Wildman–Crippen LogP) is 4.08. The lowest BCUT2D eigenvalue weighted by Crippen LogP contribution is -2.44. The van der Waals surface area contributed by atoms with Crippen LogP contribution in [0.25, 0.3) is 22.0 Å². The number of carbonyl (C=O) groups excluding carboxylic acids is 1. The van der Waals surface area contributed by atoms with Gasteiger partial charge in [-0.1, -0.05) is 0 Å². The van der Waals surface area contributed by atoms with E-state index in [-0.39, 0.29) is 12.2 Å². The number of anilines is 2. The molecule has 0 radical (unpaired) electrons. The SMILES string of the molecule is CC(C)Nc1cncc(-c2cc3cc(CC(=O)c4ccnc(N5CCN(C)CC5)c4)ncc3cn2)c1. The van der Waals surface area contributed by atoms with Gasteiger partial charge in [-0.15, -0.1) is 0 Å². The quantitative estimate of drug-likeness (QED) is 0.395. The Morgan fingerprint density at radius 3 is 2.56 bits per heavy atom. The smallest absolute Gasteiger partial charge is 0.169 e. The molecule has 0 spiro atoms. The summed E-state index contributed by atoms with van der Waals surface area (Å²) in [5, 5.41) is 5.30. The van der Waals surface area contributed by atoms with Crippen molar-refractivity contribution in [1.29, 1.82) is 0 Å².